The Labute approximate surface area is 147 Å². The molecule has 0 fully saturated rings. The van der Waals surface area contributed by atoms with Crippen LogP contribution in [-0.4, -0.2) is 16.8 Å². The fraction of sp³-hybridized carbons (Fsp3) is 0.364. The maximum absolute atomic E-state index is 12.9. The van der Waals surface area contributed by atoms with Crippen LogP contribution in [0.4, 0.5) is 5.69 Å². The van der Waals surface area contributed by atoms with Crippen molar-refractivity contribution in [1.29, 1.82) is 0 Å². The number of benzene rings is 1. The fourth-order valence-corrected chi connectivity index (χ4v) is 4.80. The van der Waals surface area contributed by atoms with E-state index in [1.807, 2.05) is 12.3 Å². The largest absolute Gasteiger partial charge is 0.377 e. The Morgan fingerprint density at radius 2 is 2.08 bits per heavy atom. The summed E-state index contributed by atoms with van der Waals surface area (Å²) in [4.78, 5) is 17.4. The molecule has 1 aromatic carbocycles. The number of rotatable bonds is 1. The summed E-state index contributed by atoms with van der Waals surface area (Å²) in [5.74, 6) is 0.856. The van der Waals surface area contributed by atoms with E-state index in [0.717, 1.165) is 48.6 Å². The lowest BCUT2D eigenvalue weighted by Gasteiger charge is -2.39. The summed E-state index contributed by atoms with van der Waals surface area (Å²) in [7, 11) is 0. The van der Waals surface area contributed by atoms with Crippen LogP contribution in [0, 0.1) is 5.92 Å². The highest BCUT2D eigenvalue weighted by atomic mass is 16.1. The molecule has 5 rings (SSSR count). The van der Waals surface area contributed by atoms with Gasteiger partial charge in [0.25, 0.3) is 0 Å². The van der Waals surface area contributed by atoms with Crippen LogP contribution >= 0.6 is 0 Å². The summed E-state index contributed by atoms with van der Waals surface area (Å²) >= 11 is 0. The molecule has 0 unspecified atom stereocenters. The number of carbonyl (C=O) groups is 1. The van der Waals surface area contributed by atoms with E-state index in [2.05, 4.69) is 40.7 Å². The first-order valence-corrected chi connectivity index (χ1v) is 9.39. The van der Waals surface area contributed by atoms with Gasteiger partial charge in [0.15, 0.2) is 5.78 Å². The number of Topliss-reactive ketones (excluding diaryl/α,β-unsaturated/α-hetero) is 1. The molecule has 126 valence electrons. The average molecular weight is 330 g/mol. The van der Waals surface area contributed by atoms with E-state index in [9.17, 15) is 4.79 Å². The number of pyridine rings is 1. The molecule has 2 atom stereocenters. The van der Waals surface area contributed by atoms with Gasteiger partial charge in [0.05, 0.1) is 11.6 Å². The second kappa shape index (κ2) is 5.83. The van der Waals surface area contributed by atoms with Gasteiger partial charge >= 0.3 is 0 Å². The Kier molecular flexibility index (Phi) is 3.47. The smallest absolute Gasteiger partial charge is 0.161 e. The monoisotopic (exact) mass is 330 g/mol. The number of allylic oxidation sites excluding steroid dienone is 3. The molecule has 1 aliphatic heterocycles. The van der Waals surface area contributed by atoms with E-state index in [1.165, 1.54) is 16.8 Å². The lowest BCUT2D eigenvalue weighted by molar-refractivity contribution is -0.116. The number of carbonyl (C=O) groups excluding carboxylic acids is 1. The van der Waals surface area contributed by atoms with Crippen molar-refractivity contribution in [3.8, 4) is 0 Å². The zero-order valence-electron chi connectivity index (χ0n) is 14.3. The third kappa shape index (κ3) is 2.33. The Morgan fingerprint density at radius 3 is 2.96 bits per heavy atom. The van der Waals surface area contributed by atoms with Gasteiger partial charge in [-0.1, -0.05) is 18.2 Å². The predicted molar refractivity (Wildman–Crippen MR) is 101 cm³/mol. The van der Waals surface area contributed by atoms with Crippen LogP contribution in [0.3, 0.4) is 0 Å². The molecule has 3 nitrogen and oxygen atoms in total. The molecule has 0 amide bonds. The van der Waals surface area contributed by atoms with Crippen molar-refractivity contribution in [2.45, 2.75) is 44.6 Å². The number of nitrogens with one attached hydrogen (secondary N) is 1. The van der Waals surface area contributed by atoms with Crippen molar-refractivity contribution >= 4 is 27.9 Å². The zero-order valence-corrected chi connectivity index (χ0v) is 14.3. The predicted octanol–water partition coefficient (Wildman–Crippen LogP) is 4.89. The molecular weight excluding hydrogens is 308 g/mol. The first kappa shape index (κ1) is 14.9. The summed E-state index contributed by atoms with van der Waals surface area (Å²) in [5.41, 5.74) is 5.75. The molecule has 0 bridgehead atoms. The fourth-order valence-electron chi connectivity index (χ4n) is 4.80. The first-order valence-electron chi connectivity index (χ1n) is 9.39. The second-order valence-corrected chi connectivity index (χ2v) is 7.39. The molecule has 0 saturated carbocycles. The highest BCUT2D eigenvalue weighted by Crippen LogP contribution is 2.46. The van der Waals surface area contributed by atoms with E-state index < -0.39 is 0 Å². The summed E-state index contributed by atoms with van der Waals surface area (Å²) in [6.07, 6.45) is 12.4. The minimum atomic E-state index is 0.161. The Hall–Kier alpha value is -2.42. The van der Waals surface area contributed by atoms with Crippen LogP contribution in [0.2, 0.25) is 0 Å². The van der Waals surface area contributed by atoms with E-state index in [4.69, 9.17) is 0 Å². The van der Waals surface area contributed by atoms with Crippen molar-refractivity contribution in [2.75, 3.05) is 5.32 Å². The van der Waals surface area contributed by atoms with Crippen LogP contribution in [0.5, 0.6) is 0 Å². The highest BCUT2D eigenvalue weighted by molar-refractivity contribution is 6.12. The minimum Gasteiger partial charge on any atom is -0.377 e. The normalized spacial score (nSPS) is 25.5. The van der Waals surface area contributed by atoms with Gasteiger partial charge < -0.3 is 5.32 Å². The van der Waals surface area contributed by atoms with Crippen LogP contribution in [0.1, 0.15) is 44.1 Å². The van der Waals surface area contributed by atoms with Crippen molar-refractivity contribution in [3.05, 3.63) is 53.8 Å². The topological polar surface area (TPSA) is 42.0 Å². The van der Waals surface area contributed by atoms with Gasteiger partial charge in [0.2, 0.25) is 0 Å². The SMILES string of the molecule is O=C1CCCC2=C1[C@@H]([C@@H]1CC=CCC1)Nc1ccc3ncccc3c12. The van der Waals surface area contributed by atoms with Crippen molar-refractivity contribution in [3.63, 3.8) is 0 Å². The van der Waals surface area contributed by atoms with Gasteiger partial charge in [-0.05, 0) is 61.8 Å². The molecule has 1 N–H and O–H groups in total. The average Bonchev–Trinajstić information content (AvgIpc) is 2.68. The standard InChI is InChI=1S/C22H22N2O/c25-19-10-4-8-16-20-15-9-5-13-23-17(15)11-12-18(20)24-22(21(16)19)14-6-2-1-3-7-14/h1-2,5,9,11-14,22,24H,3-4,6-8,10H2/t14-,22-/m1/s1. The quantitative estimate of drug-likeness (QED) is 0.757. The van der Waals surface area contributed by atoms with E-state index >= 15 is 0 Å². The maximum atomic E-state index is 12.9. The second-order valence-electron chi connectivity index (χ2n) is 7.39. The Morgan fingerprint density at radius 1 is 1.12 bits per heavy atom. The number of anilines is 1. The molecule has 0 spiro atoms. The molecule has 3 heteroatoms. The van der Waals surface area contributed by atoms with Gasteiger partial charge in [0, 0.05) is 34.8 Å². The van der Waals surface area contributed by atoms with Crippen molar-refractivity contribution < 1.29 is 4.79 Å². The van der Waals surface area contributed by atoms with E-state index in [0.29, 0.717) is 18.1 Å². The van der Waals surface area contributed by atoms with Gasteiger partial charge in [-0.2, -0.15) is 0 Å². The molecule has 0 radical (unpaired) electrons. The minimum absolute atomic E-state index is 0.161. The highest BCUT2D eigenvalue weighted by Gasteiger charge is 2.37. The van der Waals surface area contributed by atoms with Crippen LogP contribution in [0.25, 0.3) is 16.5 Å². The van der Waals surface area contributed by atoms with Gasteiger partial charge in [-0.25, -0.2) is 0 Å². The molecule has 1 aromatic heterocycles. The summed E-state index contributed by atoms with van der Waals surface area (Å²) in [6, 6.07) is 8.53. The molecule has 2 aromatic rings. The van der Waals surface area contributed by atoms with E-state index in [-0.39, 0.29) is 6.04 Å². The molecule has 25 heavy (non-hydrogen) atoms. The third-order valence-corrected chi connectivity index (χ3v) is 5.95. The Balaban J connectivity index is 1.73. The van der Waals surface area contributed by atoms with Gasteiger partial charge in [-0.15, -0.1) is 0 Å². The van der Waals surface area contributed by atoms with Gasteiger partial charge in [0.1, 0.15) is 0 Å². The molecule has 0 saturated heterocycles. The number of ketones is 1. The van der Waals surface area contributed by atoms with Crippen LogP contribution in [0.15, 0.2) is 48.2 Å². The third-order valence-electron chi connectivity index (χ3n) is 5.95. The lowest BCUT2D eigenvalue weighted by Crippen LogP contribution is -2.39. The number of hydrogen-bond acceptors (Lipinski definition) is 3. The molecular formula is C22H22N2O. The van der Waals surface area contributed by atoms with Crippen molar-refractivity contribution in [2.24, 2.45) is 5.92 Å². The number of aromatic nitrogens is 1. The Bertz CT molecular complexity index is 925. The zero-order chi connectivity index (χ0) is 16.8. The maximum Gasteiger partial charge on any atom is 0.161 e. The van der Waals surface area contributed by atoms with Crippen LogP contribution in [-0.2, 0) is 4.79 Å². The lowest BCUT2D eigenvalue weighted by atomic mass is 9.73. The van der Waals surface area contributed by atoms with Crippen molar-refractivity contribution in [1.82, 2.24) is 4.98 Å². The summed E-state index contributed by atoms with van der Waals surface area (Å²) in [5, 5.41) is 4.91. The summed E-state index contributed by atoms with van der Waals surface area (Å²) in [6.45, 7) is 0. The van der Waals surface area contributed by atoms with Crippen LogP contribution < -0.4 is 5.32 Å². The number of fused-ring (bicyclic) bond motifs is 4. The molecule has 2 aliphatic carbocycles. The molecule has 2 heterocycles. The summed E-state index contributed by atoms with van der Waals surface area (Å²) < 4.78 is 0. The number of nitrogens with zero attached hydrogens (tertiary/aromatic N) is 1. The van der Waals surface area contributed by atoms with Gasteiger partial charge in [-0.3, -0.25) is 9.78 Å². The van der Waals surface area contributed by atoms with E-state index in [1.54, 1.807) is 0 Å². The number of hydrogen-bond donors (Lipinski definition) is 1. The first-order chi connectivity index (χ1) is 12.3. The molecule has 3 aliphatic rings.